The molecule has 1 unspecified atom stereocenters. The van der Waals surface area contributed by atoms with Gasteiger partial charge in [0.2, 0.25) is 0 Å². The number of nitrogens with two attached hydrogens (primary N) is 1. The summed E-state index contributed by atoms with van der Waals surface area (Å²) in [5.74, 6) is 0.860. The highest BCUT2D eigenvalue weighted by atomic mass is 32.2. The summed E-state index contributed by atoms with van der Waals surface area (Å²) in [6, 6.07) is 6.95. The van der Waals surface area contributed by atoms with Gasteiger partial charge in [-0.1, -0.05) is 25.0 Å². The van der Waals surface area contributed by atoms with Crippen molar-refractivity contribution in [3.05, 3.63) is 29.8 Å². The van der Waals surface area contributed by atoms with Crippen molar-refractivity contribution in [3.63, 3.8) is 0 Å². The maximum atomic E-state index is 11.4. The van der Waals surface area contributed by atoms with Crippen molar-refractivity contribution >= 4 is 9.84 Å². The minimum Gasteiger partial charge on any atom is -0.324 e. The Hall–Kier alpha value is -0.870. The Morgan fingerprint density at radius 3 is 2.71 bits per heavy atom. The van der Waals surface area contributed by atoms with E-state index in [1.807, 2.05) is 6.07 Å². The zero-order valence-corrected chi connectivity index (χ0v) is 10.9. The quantitative estimate of drug-likeness (QED) is 0.875. The Labute approximate surface area is 103 Å². The molecular formula is C13H19NO2S. The summed E-state index contributed by atoms with van der Waals surface area (Å²) in [5.41, 5.74) is 7.01. The molecular weight excluding hydrogens is 234 g/mol. The fourth-order valence-corrected chi connectivity index (χ4v) is 2.64. The largest absolute Gasteiger partial charge is 0.324 e. The third-order valence-corrected chi connectivity index (χ3v) is 4.41. The summed E-state index contributed by atoms with van der Waals surface area (Å²) in [6.07, 6.45) is 5.98. The predicted octanol–water partition coefficient (Wildman–Crippen LogP) is 2.28. The molecule has 2 rings (SSSR count). The van der Waals surface area contributed by atoms with Gasteiger partial charge in [0, 0.05) is 12.3 Å². The molecule has 3 nitrogen and oxygen atoms in total. The SMILES string of the molecule is CS(=O)(=O)c1cccc(C(N)CCC2CC2)c1. The van der Waals surface area contributed by atoms with Crippen molar-refractivity contribution in [2.24, 2.45) is 11.7 Å². The Kier molecular flexibility index (Phi) is 3.54. The lowest BCUT2D eigenvalue weighted by Crippen LogP contribution is -2.11. The van der Waals surface area contributed by atoms with Crippen LogP contribution in [0.4, 0.5) is 0 Å². The van der Waals surface area contributed by atoms with E-state index in [0.29, 0.717) is 4.90 Å². The predicted molar refractivity (Wildman–Crippen MR) is 68.4 cm³/mol. The molecule has 2 N–H and O–H groups in total. The van der Waals surface area contributed by atoms with E-state index in [1.165, 1.54) is 19.1 Å². The van der Waals surface area contributed by atoms with E-state index < -0.39 is 9.84 Å². The lowest BCUT2D eigenvalue weighted by Gasteiger charge is -2.12. The molecule has 1 aromatic carbocycles. The van der Waals surface area contributed by atoms with E-state index in [9.17, 15) is 8.42 Å². The van der Waals surface area contributed by atoms with Gasteiger partial charge < -0.3 is 5.73 Å². The Morgan fingerprint density at radius 1 is 1.41 bits per heavy atom. The van der Waals surface area contributed by atoms with Gasteiger partial charge in [-0.3, -0.25) is 0 Å². The molecule has 0 saturated heterocycles. The van der Waals surface area contributed by atoms with Gasteiger partial charge in [0.15, 0.2) is 9.84 Å². The zero-order valence-electron chi connectivity index (χ0n) is 10.1. The number of rotatable bonds is 5. The van der Waals surface area contributed by atoms with Crippen LogP contribution in [0, 0.1) is 5.92 Å². The highest BCUT2D eigenvalue weighted by Gasteiger charge is 2.22. The average molecular weight is 253 g/mol. The van der Waals surface area contributed by atoms with E-state index in [4.69, 9.17) is 5.73 Å². The molecule has 17 heavy (non-hydrogen) atoms. The maximum absolute atomic E-state index is 11.4. The van der Waals surface area contributed by atoms with Crippen molar-refractivity contribution in [1.29, 1.82) is 0 Å². The Morgan fingerprint density at radius 2 is 2.12 bits per heavy atom. The summed E-state index contributed by atoms with van der Waals surface area (Å²) >= 11 is 0. The monoisotopic (exact) mass is 253 g/mol. The zero-order chi connectivity index (χ0) is 12.5. The normalized spacial score (nSPS) is 18.0. The summed E-state index contributed by atoms with van der Waals surface area (Å²) in [7, 11) is -3.13. The highest BCUT2D eigenvalue weighted by molar-refractivity contribution is 7.90. The van der Waals surface area contributed by atoms with Crippen LogP contribution in [0.15, 0.2) is 29.2 Å². The smallest absolute Gasteiger partial charge is 0.175 e. The molecule has 1 fully saturated rings. The van der Waals surface area contributed by atoms with E-state index in [1.54, 1.807) is 18.2 Å². The number of benzene rings is 1. The molecule has 0 bridgehead atoms. The van der Waals surface area contributed by atoms with Crippen LogP contribution in [0.2, 0.25) is 0 Å². The standard InChI is InChI=1S/C13H19NO2S/c1-17(15,16)12-4-2-3-11(9-12)13(14)8-7-10-5-6-10/h2-4,9-10,13H,5-8,14H2,1H3. The van der Waals surface area contributed by atoms with Gasteiger partial charge in [0.1, 0.15) is 0 Å². The van der Waals surface area contributed by atoms with Crippen LogP contribution < -0.4 is 5.73 Å². The Balaban J connectivity index is 2.08. The molecule has 0 heterocycles. The first kappa shape index (κ1) is 12.6. The van der Waals surface area contributed by atoms with Crippen molar-refractivity contribution in [1.82, 2.24) is 0 Å². The van der Waals surface area contributed by atoms with Crippen molar-refractivity contribution in [3.8, 4) is 0 Å². The van der Waals surface area contributed by atoms with E-state index in [-0.39, 0.29) is 6.04 Å². The van der Waals surface area contributed by atoms with Gasteiger partial charge >= 0.3 is 0 Å². The second-order valence-electron chi connectivity index (χ2n) is 4.97. The number of sulfone groups is 1. The summed E-state index contributed by atoms with van der Waals surface area (Å²) in [4.78, 5) is 0.358. The van der Waals surface area contributed by atoms with Crippen LogP contribution in [-0.2, 0) is 9.84 Å². The molecule has 94 valence electrons. The molecule has 0 aliphatic heterocycles. The second kappa shape index (κ2) is 4.78. The molecule has 1 atom stereocenters. The van der Waals surface area contributed by atoms with Crippen molar-refractivity contribution in [2.75, 3.05) is 6.26 Å². The number of hydrogen-bond acceptors (Lipinski definition) is 3. The van der Waals surface area contributed by atoms with Crippen LogP contribution in [0.5, 0.6) is 0 Å². The highest BCUT2D eigenvalue weighted by Crippen LogP contribution is 2.35. The first-order valence-electron chi connectivity index (χ1n) is 6.02. The third kappa shape index (κ3) is 3.54. The minimum absolute atomic E-state index is 0.0442. The summed E-state index contributed by atoms with van der Waals surface area (Å²) in [5, 5.41) is 0. The van der Waals surface area contributed by atoms with Crippen LogP contribution in [-0.4, -0.2) is 14.7 Å². The maximum Gasteiger partial charge on any atom is 0.175 e. The van der Waals surface area contributed by atoms with E-state index >= 15 is 0 Å². The van der Waals surface area contributed by atoms with Gasteiger partial charge in [-0.25, -0.2) is 8.42 Å². The van der Waals surface area contributed by atoms with Gasteiger partial charge in [-0.05, 0) is 36.5 Å². The second-order valence-corrected chi connectivity index (χ2v) is 6.99. The summed E-state index contributed by atoms with van der Waals surface area (Å²) < 4.78 is 22.9. The number of hydrogen-bond donors (Lipinski definition) is 1. The lowest BCUT2D eigenvalue weighted by atomic mass is 10.0. The van der Waals surface area contributed by atoms with Gasteiger partial charge in [-0.2, -0.15) is 0 Å². The topological polar surface area (TPSA) is 60.2 Å². The molecule has 1 saturated carbocycles. The Bertz CT molecular complexity index is 492. The van der Waals surface area contributed by atoms with Crippen LogP contribution in [0.3, 0.4) is 0 Å². The molecule has 0 aromatic heterocycles. The molecule has 0 spiro atoms. The van der Waals surface area contributed by atoms with Crippen molar-refractivity contribution < 1.29 is 8.42 Å². The molecule has 0 amide bonds. The molecule has 1 aliphatic carbocycles. The molecule has 1 aliphatic rings. The van der Waals surface area contributed by atoms with Crippen LogP contribution in [0.25, 0.3) is 0 Å². The fourth-order valence-electron chi connectivity index (χ4n) is 1.96. The lowest BCUT2D eigenvalue weighted by molar-refractivity contribution is 0.573. The van der Waals surface area contributed by atoms with Gasteiger partial charge in [0.25, 0.3) is 0 Å². The summed E-state index contributed by atoms with van der Waals surface area (Å²) in [6.45, 7) is 0. The van der Waals surface area contributed by atoms with Gasteiger partial charge in [-0.15, -0.1) is 0 Å². The molecule has 0 radical (unpaired) electrons. The first-order valence-corrected chi connectivity index (χ1v) is 7.91. The average Bonchev–Trinajstić information content (AvgIpc) is 3.09. The molecule has 1 aromatic rings. The van der Waals surface area contributed by atoms with E-state index in [2.05, 4.69) is 0 Å². The van der Waals surface area contributed by atoms with Crippen molar-refractivity contribution in [2.45, 2.75) is 36.6 Å². The van der Waals surface area contributed by atoms with E-state index in [0.717, 1.165) is 24.3 Å². The molecule has 4 heteroatoms. The fraction of sp³-hybridized carbons (Fsp3) is 0.538. The van der Waals surface area contributed by atoms with Crippen LogP contribution in [0.1, 0.15) is 37.3 Å². The first-order chi connectivity index (χ1) is 7.97. The van der Waals surface area contributed by atoms with Gasteiger partial charge in [0.05, 0.1) is 4.90 Å². The third-order valence-electron chi connectivity index (χ3n) is 3.30. The minimum atomic E-state index is -3.13. The van der Waals surface area contributed by atoms with Crippen LogP contribution >= 0.6 is 0 Å².